The van der Waals surface area contributed by atoms with Crippen molar-refractivity contribution in [3.63, 3.8) is 0 Å². The standard InChI is InChI=1S/C14H20O2/c1-10(2)12-4-6-13(7-5-12)14(15)8-9-16-11(14)3/h4-7,10-11,15H,8-9H2,1-3H3. The zero-order valence-electron chi connectivity index (χ0n) is 10.2. The molecular formula is C14H20O2. The number of hydrogen-bond acceptors (Lipinski definition) is 2. The molecule has 0 aliphatic carbocycles. The molecule has 16 heavy (non-hydrogen) atoms. The van der Waals surface area contributed by atoms with E-state index >= 15 is 0 Å². The molecule has 2 heteroatoms. The predicted octanol–water partition coefficient (Wildman–Crippen LogP) is 2.81. The maximum atomic E-state index is 10.5. The molecule has 1 saturated heterocycles. The minimum absolute atomic E-state index is 0.114. The van der Waals surface area contributed by atoms with E-state index in [2.05, 4.69) is 26.0 Å². The molecule has 1 N–H and O–H groups in total. The van der Waals surface area contributed by atoms with Crippen LogP contribution in [-0.2, 0) is 10.3 Å². The molecule has 0 amide bonds. The monoisotopic (exact) mass is 220 g/mol. The van der Waals surface area contributed by atoms with Gasteiger partial charge in [-0.3, -0.25) is 0 Å². The van der Waals surface area contributed by atoms with Crippen LogP contribution in [0.25, 0.3) is 0 Å². The maximum absolute atomic E-state index is 10.5. The van der Waals surface area contributed by atoms with E-state index in [-0.39, 0.29) is 6.10 Å². The number of benzene rings is 1. The summed E-state index contributed by atoms with van der Waals surface area (Å²) in [5.74, 6) is 0.529. The third-order valence-corrected chi connectivity index (χ3v) is 3.60. The first kappa shape index (κ1) is 11.6. The molecule has 1 fully saturated rings. The second-order valence-electron chi connectivity index (χ2n) is 4.96. The van der Waals surface area contributed by atoms with Gasteiger partial charge >= 0.3 is 0 Å². The summed E-state index contributed by atoms with van der Waals surface area (Å²) in [6.45, 7) is 6.92. The largest absolute Gasteiger partial charge is 0.382 e. The smallest absolute Gasteiger partial charge is 0.118 e. The van der Waals surface area contributed by atoms with Crippen LogP contribution >= 0.6 is 0 Å². The van der Waals surface area contributed by atoms with Gasteiger partial charge in [-0.25, -0.2) is 0 Å². The van der Waals surface area contributed by atoms with Crippen LogP contribution in [0.2, 0.25) is 0 Å². The van der Waals surface area contributed by atoms with Crippen molar-refractivity contribution in [2.75, 3.05) is 6.61 Å². The molecular weight excluding hydrogens is 200 g/mol. The molecule has 0 radical (unpaired) electrons. The van der Waals surface area contributed by atoms with Crippen LogP contribution in [0.5, 0.6) is 0 Å². The zero-order valence-corrected chi connectivity index (χ0v) is 10.2. The summed E-state index contributed by atoms with van der Waals surface area (Å²) < 4.78 is 5.45. The van der Waals surface area contributed by atoms with Crippen LogP contribution in [0.1, 0.15) is 44.2 Å². The fraction of sp³-hybridized carbons (Fsp3) is 0.571. The average Bonchev–Trinajstić information content (AvgIpc) is 2.61. The first-order valence-corrected chi connectivity index (χ1v) is 5.98. The van der Waals surface area contributed by atoms with E-state index < -0.39 is 5.60 Å². The minimum Gasteiger partial charge on any atom is -0.382 e. The van der Waals surface area contributed by atoms with E-state index in [4.69, 9.17) is 4.74 Å². The Morgan fingerprint density at radius 2 is 1.94 bits per heavy atom. The number of aliphatic hydroxyl groups is 1. The number of ether oxygens (including phenoxy) is 1. The molecule has 88 valence electrons. The van der Waals surface area contributed by atoms with Crippen molar-refractivity contribution in [1.82, 2.24) is 0 Å². The molecule has 1 heterocycles. The quantitative estimate of drug-likeness (QED) is 0.830. The Balaban J connectivity index is 2.27. The topological polar surface area (TPSA) is 29.5 Å². The highest BCUT2D eigenvalue weighted by Gasteiger charge is 2.40. The Morgan fingerprint density at radius 1 is 1.31 bits per heavy atom. The lowest BCUT2D eigenvalue weighted by molar-refractivity contribution is -0.0317. The van der Waals surface area contributed by atoms with Gasteiger partial charge in [0.1, 0.15) is 5.60 Å². The van der Waals surface area contributed by atoms with Crippen LogP contribution in [0, 0.1) is 0 Å². The Morgan fingerprint density at radius 3 is 2.38 bits per heavy atom. The molecule has 0 saturated carbocycles. The van der Waals surface area contributed by atoms with Crippen LogP contribution in [0.3, 0.4) is 0 Å². The fourth-order valence-corrected chi connectivity index (χ4v) is 2.27. The van der Waals surface area contributed by atoms with Gasteiger partial charge in [-0.05, 0) is 24.0 Å². The Kier molecular flexibility index (Phi) is 3.04. The van der Waals surface area contributed by atoms with Crippen molar-refractivity contribution in [2.24, 2.45) is 0 Å². The van der Waals surface area contributed by atoms with Crippen molar-refractivity contribution in [3.8, 4) is 0 Å². The SMILES string of the molecule is CC(C)c1ccc(C2(O)CCOC2C)cc1. The molecule has 1 aromatic rings. The van der Waals surface area contributed by atoms with Crippen molar-refractivity contribution in [3.05, 3.63) is 35.4 Å². The number of rotatable bonds is 2. The molecule has 0 spiro atoms. The van der Waals surface area contributed by atoms with E-state index in [0.717, 1.165) is 5.56 Å². The predicted molar refractivity (Wildman–Crippen MR) is 64.5 cm³/mol. The van der Waals surface area contributed by atoms with Crippen molar-refractivity contribution in [1.29, 1.82) is 0 Å². The highest BCUT2D eigenvalue weighted by Crippen LogP contribution is 2.36. The van der Waals surface area contributed by atoms with E-state index in [1.165, 1.54) is 5.56 Å². The lowest BCUT2D eigenvalue weighted by Gasteiger charge is -2.26. The van der Waals surface area contributed by atoms with Gasteiger partial charge in [-0.2, -0.15) is 0 Å². The second-order valence-corrected chi connectivity index (χ2v) is 4.96. The minimum atomic E-state index is -0.796. The van der Waals surface area contributed by atoms with Gasteiger partial charge in [-0.1, -0.05) is 38.1 Å². The van der Waals surface area contributed by atoms with Crippen LogP contribution in [0.4, 0.5) is 0 Å². The first-order chi connectivity index (χ1) is 7.54. The molecule has 1 aliphatic heterocycles. The highest BCUT2D eigenvalue weighted by atomic mass is 16.5. The van der Waals surface area contributed by atoms with Gasteiger partial charge < -0.3 is 9.84 Å². The Hall–Kier alpha value is -0.860. The van der Waals surface area contributed by atoms with Gasteiger partial charge in [0.15, 0.2) is 0 Å². The van der Waals surface area contributed by atoms with E-state index in [1.807, 2.05) is 19.1 Å². The van der Waals surface area contributed by atoms with E-state index in [0.29, 0.717) is 18.9 Å². The summed E-state index contributed by atoms with van der Waals surface area (Å²) >= 11 is 0. The zero-order chi connectivity index (χ0) is 11.8. The summed E-state index contributed by atoms with van der Waals surface area (Å²) in [4.78, 5) is 0. The van der Waals surface area contributed by atoms with Crippen LogP contribution in [0.15, 0.2) is 24.3 Å². The molecule has 0 aromatic heterocycles. The van der Waals surface area contributed by atoms with Gasteiger partial charge in [-0.15, -0.1) is 0 Å². The average molecular weight is 220 g/mol. The normalized spacial score (nSPS) is 29.9. The molecule has 2 rings (SSSR count). The number of hydrogen-bond donors (Lipinski definition) is 1. The second kappa shape index (κ2) is 4.19. The van der Waals surface area contributed by atoms with E-state index in [1.54, 1.807) is 0 Å². The highest BCUT2D eigenvalue weighted by molar-refractivity contribution is 5.30. The van der Waals surface area contributed by atoms with Gasteiger partial charge in [0, 0.05) is 6.42 Å². The molecule has 2 atom stereocenters. The Labute approximate surface area is 97.3 Å². The lowest BCUT2D eigenvalue weighted by atomic mass is 9.87. The molecule has 0 bridgehead atoms. The summed E-state index contributed by atoms with van der Waals surface area (Å²) in [7, 11) is 0. The van der Waals surface area contributed by atoms with Crippen molar-refractivity contribution in [2.45, 2.75) is 44.8 Å². The summed E-state index contributed by atoms with van der Waals surface area (Å²) in [6.07, 6.45) is 0.576. The van der Waals surface area contributed by atoms with Crippen molar-refractivity contribution < 1.29 is 9.84 Å². The molecule has 1 aromatic carbocycles. The molecule has 2 unspecified atom stereocenters. The van der Waals surface area contributed by atoms with Gasteiger partial charge in [0.25, 0.3) is 0 Å². The fourth-order valence-electron chi connectivity index (χ4n) is 2.27. The summed E-state index contributed by atoms with van der Waals surface area (Å²) in [5, 5.41) is 10.5. The maximum Gasteiger partial charge on any atom is 0.118 e. The van der Waals surface area contributed by atoms with Gasteiger partial charge in [0.05, 0.1) is 12.7 Å². The summed E-state index contributed by atoms with van der Waals surface area (Å²) in [5.41, 5.74) is 1.48. The van der Waals surface area contributed by atoms with Crippen molar-refractivity contribution >= 4 is 0 Å². The molecule has 2 nitrogen and oxygen atoms in total. The molecule has 1 aliphatic rings. The van der Waals surface area contributed by atoms with Gasteiger partial charge in [0.2, 0.25) is 0 Å². The van der Waals surface area contributed by atoms with Crippen LogP contribution in [-0.4, -0.2) is 17.8 Å². The third-order valence-electron chi connectivity index (χ3n) is 3.60. The lowest BCUT2D eigenvalue weighted by Crippen LogP contribution is -2.33. The first-order valence-electron chi connectivity index (χ1n) is 5.98. The third kappa shape index (κ3) is 1.87. The van der Waals surface area contributed by atoms with Crippen LogP contribution < -0.4 is 0 Å². The summed E-state index contributed by atoms with van der Waals surface area (Å²) in [6, 6.07) is 8.26. The Bertz CT molecular complexity index is 356. The van der Waals surface area contributed by atoms with E-state index in [9.17, 15) is 5.11 Å².